The van der Waals surface area contributed by atoms with Crippen LogP contribution in [0.1, 0.15) is 29.3 Å². The van der Waals surface area contributed by atoms with Crippen molar-refractivity contribution in [3.63, 3.8) is 0 Å². The van der Waals surface area contributed by atoms with Gasteiger partial charge in [0.05, 0.1) is 5.69 Å². The van der Waals surface area contributed by atoms with Gasteiger partial charge in [-0.25, -0.2) is 0 Å². The molecule has 4 heteroatoms. The number of hydrogen-bond acceptors (Lipinski definition) is 3. The Morgan fingerprint density at radius 3 is 2.64 bits per heavy atom. The molecule has 2 rings (SSSR count). The van der Waals surface area contributed by atoms with Crippen molar-refractivity contribution in [1.29, 1.82) is 0 Å². The molecule has 3 nitrogen and oxygen atoms in total. The number of nitrogens with one attached hydrogen (secondary N) is 1. The Morgan fingerprint density at radius 1 is 1.32 bits per heavy atom. The topological polar surface area (TPSA) is 38.3 Å². The van der Waals surface area contributed by atoms with Crippen molar-refractivity contribution < 1.29 is 9.53 Å². The van der Waals surface area contributed by atoms with E-state index in [2.05, 4.69) is 18.8 Å². The second-order valence-corrected chi connectivity index (χ2v) is 5.11. The van der Waals surface area contributed by atoms with E-state index in [1.807, 2.05) is 30.3 Å². The van der Waals surface area contributed by atoms with E-state index < -0.39 is 5.24 Å². The summed E-state index contributed by atoms with van der Waals surface area (Å²) in [4.78, 5) is 11.5. The van der Waals surface area contributed by atoms with Gasteiger partial charge in [0.25, 0.3) is 5.24 Å². The van der Waals surface area contributed by atoms with Gasteiger partial charge in [-0.3, -0.25) is 4.79 Å². The minimum atomic E-state index is -0.506. The van der Waals surface area contributed by atoms with Crippen LogP contribution in [0.2, 0.25) is 0 Å². The molecular weight excluding hydrogens is 298 g/mol. The minimum Gasteiger partial charge on any atom is -0.455 e. The highest BCUT2D eigenvalue weighted by molar-refractivity contribution is 6.67. The molecule has 1 N–H and O–H groups in total. The van der Waals surface area contributed by atoms with Crippen LogP contribution in [0.25, 0.3) is 6.08 Å². The van der Waals surface area contributed by atoms with E-state index in [1.165, 1.54) is 0 Å². The molecule has 0 aliphatic rings. The van der Waals surface area contributed by atoms with Crippen LogP contribution in [0.15, 0.2) is 49.0 Å². The predicted molar refractivity (Wildman–Crippen MR) is 92.0 cm³/mol. The summed E-state index contributed by atoms with van der Waals surface area (Å²) in [5.41, 5.74) is 1.86. The first-order valence-electron chi connectivity index (χ1n) is 7.12. The maximum absolute atomic E-state index is 11.5. The standard InChI is InChI=1S/C18H18ClNO2/c1-3-10-20-16-12-14(18(19)21)11-13(4-2)17(16)22-15-8-6-5-7-9-15/h4-9,11-12,20H,2-3,10H2,1H3. The molecule has 0 aliphatic carbocycles. The van der Waals surface area contributed by atoms with Gasteiger partial charge >= 0.3 is 0 Å². The number of hydrogen-bond donors (Lipinski definition) is 1. The lowest BCUT2D eigenvalue weighted by atomic mass is 10.1. The van der Waals surface area contributed by atoms with Gasteiger partial charge in [-0.15, -0.1) is 0 Å². The van der Waals surface area contributed by atoms with Crippen molar-refractivity contribution in [2.24, 2.45) is 0 Å². The number of carbonyl (C=O) groups excluding carboxylic acids is 1. The first kappa shape index (κ1) is 16.1. The van der Waals surface area contributed by atoms with Crippen molar-refractivity contribution in [2.75, 3.05) is 11.9 Å². The van der Waals surface area contributed by atoms with Crippen LogP contribution in [-0.2, 0) is 0 Å². The molecule has 0 atom stereocenters. The van der Waals surface area contributed by atoms with Crippen molar-refractivity contribution in [1.82, 2.24) is 0 Å². The second kappa shape index (κ2) is 7.66. The largest absolute Gasteiger partial charge is 0.455 e. The third kappa shape index (κ3) is 3.89. The maximum Gasteiger partial charge on any atom is 0.252 e. The van der Waals surface area contributed by atoms with E-state index in [0.29, 0.717) is 16.9 Å². The van der Waals surface area contributed by atoms with Gasteiger partial charge < -0.3 is 10.1 Å². The lowest BCUT2D eigenvalue weighted by Gasteiger charge is -2.16. The Balaban J connectivity index is 2.48. The summed E-state index contributed by atoms with van der Waals surface area (Å²) >= 11 is 5.61. The molecule has 0 aliphatic heterocycles. The monoisotopic (exact) mass is 315 g/mol. The van der Waals surface area contributed by atoms with Crippen LogP contribution < -0.4 is 10.1 Å². The van der Waals surface area contributed by atoms with E-state index in [9.17, 15) is 4.79 Å². The van der Waals surface area contributed by atoms with Crippen LogP contribution in [0, 0.1) is 0 Å². The van der Waals surface area contributed by atoms with Crippen LogP contribution in [0.3, 0.4) is 0 Å². The average molecular weight is 316 g/mol. The average Bonchev–Trinajstić information content (AvgIpc) is 2.54. The predicted octanol–water partition coefficient (Wildman–Crippen LogP) is 5.32. The number of rotatable bonds is 7. The molecule has 0 amide bonds. The Bertz CT molecular complexity index is 668. The Kier molecular flexibility index (Phi) is 5.61. The van der Waals surface area contributed by atoms with Crippen molar-refractivity contribution >= 4 is 28.6 Å². The van der Waals surface area contributed by atoms with Gasteiger partial charge in [0.15, 0.2) is 5.75 Å². The van der Waals surface area contributed by atoms with Gasteiger partial charge in [-0.1, -0.05) is 37.8 Å². The lowest BCUT2D eigenvalue weighted by molar-refractivity contribution is 0.108. The van der Waals surface area contributed by atoms with Crippen LogP contribution in [-0.4, -0.2) is 11.8 Å². The highest BCUT2D eigenvalue weighted by Crippen LogP contribution is 2.35. The summed E-state index contributed by atoms with van der Waals surface area (Å²) in [6.45, 7) is 6.62. The fraction of sp³-hybridized carbons (Fsp3) is 0.167. The first-order valence-corrected chi connectivity index (χ1v) is 7.50. The van der Waals surface area contributed by atoms with Crippen LogP contribution >= 0.6 is 11.6 Å². The van der Waals surface area contributed by atoms with Crippen LogP contribution in [0.4, 0.5) is 5.69 Å². The van der Waals surface area contributed by atoms with Gasteiger partial charge in [0, 0.05) is 17.7 Å². The third-order valence-electron chi connectivity index (χ3n) is 3.09. The molecule has 0 spiro atoms. The summed E-state index contributed by atoms with van der Waals surface area (Å²) in [6.07, 6.45) is 2.60. The number of anilines is 1. The normalized spacial score (nSPS) is 10.1. The highest BCUT2D eigenvalue weighted by Gasteiger charge is 2.14. The summed E-state index contributed by atoms with van der Waals surface area (Å²) in [6, 6.07) is 12.9. The smallest absolute Gasteiger partial charge is 0.252 e. The molecule has 0 aromatic heterocycles. The summed E-state index contributed by atoms with van der Waals surface area (Å²) in [5, 5.41) is 2.76. The SMILES string of the molecule is C=Cc1cc(C(=O)Cl)cc(NCCC)c1Oc1ccccc1. The second-order valence-electron chi connectivity index (χ2n) is 4.76. The zero-order valence-corrected chi connectivity index (χ0v) is 13.2. The molecule has 0 radical (unpaired) electrons. The van der Waals surface area contributed by atoms with Gasteiger partial charge in [-0.05, 0) is 42.3 Å². The quantitative estimate of drug-likeness (QED) is 0.702. The van der Waals surface area contributed by atoms with E-state index >= 15 is 0 Å². The number of benzene rings is 2. The maximum atomic E-state index is 11.5. The molecule has 114 valence electrons. The van der Waals surface area contributed by atoms with Crippen molar-refractivity contribution in [3.8, 4) is 11.5 Å². The molecule has 0 fully saturated rings. The zero-order chi connectivity index (χ0) is 15.9. The molecule has 0 heterocycles. The number of ether oxygens (including phenoxy) is 1. The van der Waals surface area contributed by atoms with Crippen LogP contribution in [0.5, 0.6) is 11.5 Å². The van der Waals surface area contributed by atoms with Gasteiger partial charge in [0.1, 0.15) is 5.75 Å². The number of carbonyl (C=O) groups is 1. The van der Waals surface area contributed by atoms with Crippen molar-refractivity contribution in [3.05, 3.63) is 60.2 Å². The van der Waals surface area contributed by atoms with Gasteiger partial charge in [-0.2, -0.15) is 0 Å². The molecule has 22 heavy (non-hydrogen) atoms. The summed E-state index contributed by atoms with van der Waals surface area (Å²) in [5.74, 6) is 1.35. The summed E-state index contributed by atoms with van der Waals surface area (Å²) in [7, 11) is 0. The molecule has 0 saturated heterocycles. The molecule has 0 bridgehead atoms. The molecular formula is C18H18ClNO2. The number of para-hydroxylation sites is 1. The molecule has 2 aromatic rings. The number of halogens is 1. The highest BCUT2D eigenvalue weighted by atomic mass is 35.5. The molecule has 0 unspecified atom stereocenters. The third-order valence-corrected chi connectivity index (χ3v) is 3.31. The van der Waals surface area contributed by atoms with Gasteiger partial charge in [0.2, 0.25) is 0 Å². The Labute approximate surface area is 135 Å². The Morgan fingerprint density at radius 2 is 2.05 bits per heavy atom. The van der Waals surface area contributed by atoms with Crippen molar-refractivity contribution in [2.45, 2.75) is 13.3 Å². The Hall–Kier alpha value is -2.26. The molecule has 2 aromatic carbocycles. The zero-order valence-electron chi connectivity index (χ0n) is 12.4. The van der Waals surface area contributed by atoms with E-state index in [4.69, 9.17) is 16.3 Å². The first-order chi connectivity index (χ1) is 10.7. The fourth-order valence-electron chi connectivity index (χ4n) is 2.03. The minimum absolute atomic E-state index is 0.413. The van der Waals surface area contributed by atoms with E-state index in [0.717, 1.165) is 24.4 Å². The van der Waals surface area contributed by atoms with E-state index in [1.54, 1.807) is 18.2 Å². The lowest BCUT2D eigenvalue weighted by Crippen LogP contribution is -2.04. The summed E-state index contributed by atoms with van der Waals surface area (Å²) < 4.78 is 5.98. The molecule has 0 saturated carbocycles. The van der Waals surface area contributed by atoms with E-state index in [-0.39, 0.29) is 0 Å². The fourth-order valence-corrected chi connectivity index (χ4v) is 2.14.